The molecule has 0 saturated carbocycles. The topological polar surface area (TPSA) is 86.8 Å². The Hall–Kier alpha value is -2.87. The van der Waals surface area contributed by atoms with Crippen molar-refractivity contribution in [2.45, 2.75) is 13.3 Å². The predicted octanol–water partition coefficient (Wildman–Crippen LogP) is 2.71. The zero-order chi connectivity index (χ0) is 18.9. The minimum absolute atomic E-state index is 0.0197. The van der Waals surface area contributed by atoms with E-state index in [-0.39, 0.29) is 5.70 Å². The highest BCUT2D eigenvalue weighted by molar-refractivity contribution is 7.09. The van der Waals surface area contributed by atoms with Crippen LogP contribution < -0.4 is 10.1 Å². The Morgan fingerprint density at radius 3 is 2.50 bits per heavy atom. The predicted molar refractivity (Wildman–Crippen MR) is 98.2 cm³/mol. The van der Waals surface area contributed by atoms with Crippen molar-refractivity contribution in [3.05, 3.63) is 52.1 Å². The molecule has 8 heteroatoms. The molecule has 0 unspecified atom stereocenters. The van der Waals surface area contributed by atoms with E-state index >= 15 is 0 Å². The summed E-state index contributed by atoms with van der Waals surface area (Å²) in [5.41, 5.74) is 3.45. The average molecular weight is 376 g/mol. The van der Waals surface area contributed by atoms with Gasteiger partial charge in [-0.3, -0.25) is 0 Å². The van der Waals surface area contributed by atoms with E-state index < -0.39 is 11.9 Å². The monoisotopic (exact) mass is 376 g/mol. The molecule has 7 nitrogen and oxygen atoms in total. The molecule has 2 rings (SSSR count). The van der Waals surface area contributed by atoms with Gasteiger partial charge in [0.15, 0.2) is 0 Å². The number of nitrogens with one attached hydrogen (secondary N) is 1. The van der Waals surface area contributed by atoms with Gasteiger partial charge in [0.05, 0.1) is 38.1 Å². The number of aromatic nitrogens is 1. The van der Waals surface area contributed by atoms with Gasteiger partial charge in [-0.2, -0.15) is 0 Å². The van der Waals surface area contributed by atoms with E-state index in [1.807, 2.05) is 12.4 Å². The fraction of sp³-hybridized carbons (Fsp3) is 0.278. The van der Waals surface area contributed by atoms with E-state index in [0.717, 1.165) is 18.2 Å². The number of esters is 2. The van der Waals surface area contributed by atoms with E-state index in [9.17, 15) is 9.59 Å². The minimum Gasteiger partial charge on any atom is -0.493 e. The van der Waals surface area contributed by atoms with E-state index in [0.29, 0.717) is 18.0 Å². The number of carbonyl (C=O) groups excluding carboxylic acids is 2. The molecule has 0 aliphatic rings. The van der Waals surface area contributed by atoms with E-state index in [2.05, 4.69) is 19.8 Å². The zero-order valence-electron chi connectivity index (χ0n) is 14.8. The lowest BCUT2D eigenvalue weighted by atomic mass is 10.2. The molecule has 26 heavy (non-hydrogen) atoms. The molecule has 0 saturated heterocycles. The molecule has 0 aliphatic carbocycles. The highest BCUT2D eigenvalue weighted by Gasteiger charge is 2.12. The van der Waals surface area contributed by atoms with Gasteiger partial charge in [0, 0.05) is 17.0 Å². The van der Waals surface area contributed by atoms with Crippen molar-refractivity contribution < 1.29 is 23.8 Å². The van der Waals surface area contributed by atoms with Crippen LogP contribution in [0.15, 0.2) is 41.5 Å². The number of methoxy groups -OCH3 is 2. The van der Waals surface area contributed by atoms with Gasteiger partial charge in [0.2, 0.25) is 0 Å². The molecular formula is C18H20N2O5S. The average Bonchev–Trinajstić information content (AvgIpc) is 3.06. The van der Waals surface area contributed by atoms with Crippen LogP contribution in [0.5, 0.6) is 5.75 Å². The highest BCUT2D eigenvalue weighted by Crippen LogP contribution is 2.19. The van der Waals surface area contributed by atoms with Gasteiger partial charge >= 0.3 is 11.9 Å². The van der Waals surface area contributed by atoms with Crippen molar-refractivity contribution >= 4 is 29.0 Å². The lowest BCUT2D eigenvalue weighted by Crippen LogP contribution is -2.15. The Balaban J connectivity index is 1.94. The second-order valence-corrected chi connectivity index (χ2v) is 6.12. The fourth-order valence-corrected chi connectivity index (χ4v) is 2.81. The Morgan fingerprint density at radius 2 is 1.92 bits per heavy atom. The number of hydrogen-bond acceptors (Lipinski definition) is 8. The van der Waals surface area contributed by atoms with Gasteiger partial charge in [0.25, 0.3) is 0 Å². The van der Waals surface area contributed by atoms with Crippen LogP contribution in [0.2, 0.25) is 0 Å². The number of benzene rings is 1. The van der Waals surface area contributed by atoms with Gasteiger partial charge in [0.1, 0.15) is 11.4 Å². The lowest BCUT2D eigenvalue weighted by Gasteiger charge is -2.10. The highest BCUT2D eigenvalue weighted by atomic mass is 32.1. The molecule has 0 bridgehead atoms. The molecule has 0 aliphatic heterocycles. The number of aryl methyl sites for hydroxylation is 1. The van der Waals surface area contributed by atoms with Crippen molar-refractivity contribution in [1.29, 1.82) is 0 Å². The van der Waals surface area contributed by atoms with Crippen LogP contribution in [0.25, 0.3) is 0 Å². The number of hydrogen-bond donors (Lipinski definition) is 1. The fourth-order valence-electron chi connectivity index (χ4n) is 2.05. The second kappa shape index (κ2) is 9.57. The van der Waals surface area contributed by atoms with Crippen molar-refractivity contribution in [3.8, 4) is 5.75 Å². The first-order chi connectivity index (χ1) is 12.5. The number of thiazole rings is 1. The van der Waals surface area contributed by atoms with Crippen LogP contribution in [0.4, 0.5) is 5.69 Å². The van der Waals surface area contributed by atoms with Crippen molar-refractivity contribution in [2.24, 2.45) is 0 Å². The summed E-state index contributed by atoms with van der Waals surface area (Å²) in [5.74, 6) is -0.624. The maximum absolute atomic E-state index is 11.7. The van der Waals surface area contributed by atoms with Crippen LogP contribution in [-0.2, 0) is 25.5 Å². The maximum Gasteiger partial charge on any atom is 0.354 e. The zero-order valence-corrected chi connectivity index (χ0v) is 15.6. The summed E-state index contributed by atoms with van der Waals surface area (Å²) in [4.78, 5) is 28.5. The minimum atomic E-state index is -0.671. The van der Waals surface area contributed by atoms with Crippen LogP contribution in [0.3, 0.4) is 0 Å². The third kappa shape index (κ3) is 5.59. The number of nitrogens with zero attached hydrogens (tertiary/aromatic N) is 1. The Kier molecular flexibility index (Phi) is 7.16. The van der Waals surface area contributed by atoms with Gasteiger partial charge in [-0.15, -0.1) is 11.3 Å². The smallest absolute Gasteiger partial charge is 0.354 e. The van der Waals surface area contributed by atoms with Crippen molar-refractivity contribution in [1.82, 2.24) is 4.98 Å². The third-order valence-electron chi connectivity index (χ3n) is 3.44. The summed E-state index contributed by atoms with van der Waals surface area (Å²) < 4.78 is 14.9. The summed E-state index contributed by atoms with van der Waals surface area (Å²) in [5, 5.41) is 2.83. The number of carbonyl (C=O) groups is 2. The first-order valence-electron chi connectivity index (χ1n) is 7.80. The van der Waals surface area contributed by atoms with Crippen LogP contribution in [-0.4, -0.2) is 37.7 Å². The van der Waals surface area contributed by atoms with Gasteiger partial charge < -0.3 is 19.5 Å². The first-order valence-corrected chi connectivity index (χ1v) is 8.68. The second-order valence-electron chi connectivity index (χ2n) is 5.18. The lowest BCUT2D eigenvalue weighted by molar-refractivity contribution is -0.138. The van der Waals surface area contributed by atoms with Crippen LogP contribution in [0.1, 0.15) is 10.6 Å². The Bertz CT molecular complexity index is 783. The van der Waals surface area contributed by atoms with Gasteiger partial charge in [-0.1, -0.05) is 0 Å². The summed E-state index contributed by atoms with van der Waals surface area (Å²) in [6.45, 7) is 2.53. The van der Waals surface area contributed by atoms with Crippen molar-refractivity contribution in [3.63, 3.8) is 0 Å². The summed E-state index contributed by atoms with van der Waals surface area (Å²) in [6.07, 6.45) is 1.83. The molecule has 1 aromatic carbocycles. The van der Waals surface area contributed by atoms with E-state index in [1.54, 1.807) is 35.6 Å². The number of anilines is 1. The molecule has 1 aromatic heterocycles. The third-order valence-corrected chi connectivity index (χ3v) is 4.44. The van der Waals surface area contributed by atoms with Gasteiger partial charge in [-0.05, 0) is 31.2 Å². The maximum atomic E-state index is 11.7. The summed E-state index contributed by atoms with van der Waals surface area (Å²) in [7, 11) is 2.46. The molecule has 1 heterocycles. The SMILES string of the molecule is COC(=O)/C=C(/Nc1ccc(OCCc2scnc2C)cc1)C(=O)OC. The van der Waals surface area contributed by atoms with E-state index in [4.69, 9.17) is 4.74 Å². The molecular weight excluding hydrogens is 356 g/mol. The molecule has 2 aromatic rings. The molecule has 0 amide bonds. The molecule has 0 fully saturated rings. The van der Waals surface area contributed by atoms with Crippen molar-refractivity contribution in [2.75, 3.05) is 26.1 Å². The number of ether oxygens (including phenoxy) is 3. The van der Waals surface area contributed by atoms with E-state index in [1.165, 1.54) is 19.1 Å². The van der Waals surface area contributed by atoms with Crippen LogP contribution in [0, 0.1) is 6.92 Å². The molecule has 138 valence electrons. The normalized spacial score (nSPS) is 11.0. The first kappa shape index (κ1) is 19.5. The molecule has 0 spiro atoms. The standard InChI is InChI=1S/C18H20N2O5S/c1-12-16(26-11-19-12)8-9-25-14-6-4-13(5-7-14)20-15(18(22)24-3)10-17(21)23-2/h4-7,10-11,20H,8-9H2,1-3H3/b15-10+. The largest absolute Gasteiger partial charge is 0.493 e. The Morgan fingerprint density at radius 1 is 1.19 bits per heavy atom. The molecule has 1 N–H and O–H groups in total. The molecule has 0 radical (unpaired) electrons. The van der Waals surface area contributed by atoms with Crippen LogP contribution >= 0.6 is 11.3 Å². The quantitative estimate of drug-likeness (QED) is 0.560. The summed E-state index contributed by atoms with van der Waals surface area (Å²) in [6, 6.07) is 7.02. The number of rotatable bonds is 8. The Labute approximate surface area is 155 Å². The molecule has 0 atom stereocenters. The summed E-state index contributed by atoms with van der Waals surface area (Å²) >= 11 is 1.62. The van der Waals surface area contributed by atoms with Gasteiger partial charge in [-0.25, -0.2) is 14.6 Å².